The maximum Gasteiger partial charge on any atom is 1.00 e. The molecular weight excluding hydrogens is 367 g/mol. The van der Waals surface area contributed by atoms with Crippen LogP contribution in [0.5, 0.6) is 0 Å². The van der Waals surface area contributed by atoms with Crippen molar-refractivity contribution in [2.75, 3.05) is 39.3 Å². The molecule has 0 heterocycles. The van der Waals surface area contributed by atoms with Gasteiger partial charge in [0.1, 0.15) is 6.54 Å². The Morgan fingerprint density at radius 1 is 1.08 bits per heavy atom. The molecule has 0 aliphatic carbocycles. The number of aliphatic carboxylic acids is 2. The summed E-state index contributed by atoms with van der Waals surface area (Å²) in [7, 11) is 0. The number of carboxylic acids is 2. The fourth-order valence-corrected chi connectivity index (χ4v) is 2.52. The Kier molecular flexibility index (Phi) is 18.1. The van der Waals surface area contributed by atoms with E-state index in [1.165, 1.54) is 0 Å². The molecule has 0 saturated carbocycles. The van der Waals surface area contributed by atoms with E-state index >= 15 is 0 Å². The quantitative estimate of drug-likeness (QED) is 0.148. The van der Waals surface area contributed by atoms with Gasteiger partial charge in [-0.3, -0.25) is 9.59 Å². The van der Waals surface area contributed by atoms with Crippen LogP contribution in [0.4, 0.5) is 0 Å². The van der Waals surface area contributed by atoms with E-state index in [1.54, 1.807) is 6.08 Å². The van der Waals surface area contributed by atoms with Crippen molar-refractivity contribution in [3.05, 3.63) is 12.2 Å². The molecule has 8 nitrogen and oxygen atoms in total. The van der Waals surface area contributed by atoms with Crippen LogP contribution in [0, 0.1) is 0 Å². The monoisotopic (exact) mass is 397 g/mol. The Labute approximate surface area is 197 Å². The number of allylic oxidation sites excluding steroid dienone is 1. The standard InChI is InChI=1S/C17H30N2O6.K/c1-2-3-4-5-6-15(21)18-9-12-19(13-14-20,10-7-16(22)23)11-8-17(24)25;/h4-5,20H,2-3,6-14H2,1H3,(H2-,18,21,22,23,24,25);/q;+1/b5-4+;. The molecule has 1 atom stereocenters. The number of aliphatic hydroxyl groups excluding tert-OH is 1. The van der Waals surface area contributed by atoms with Gasteiger partial charge in [-0.25, -0.2) is 0 Å². The van der Waals surface area contributed by atoms with Crippen molar-refractivity contribution in [1.82, 2.24) is 5.32 Å². The van der Waals surface area contributed by atoms with Crippen molar-refractivity contribution in [2.45, 2.75) is 39.0 Å². The maximum absolute atomic E-state index is 11.8. The molecule has 0 aromatic heterocycles. The molecule has 9 heteroatoms. The molecule has 0 fully saturated rings. The molecule has 3 N–H and O–H groups in total. The van der Waals surface area contributed by atoms with Gasteiger partial charge in [-0.2, -0.15) is 0 Å². The van der Waals surface area contributed by atoms with E-state index < -0.39 is 11.9 Å². The summed E-state index contributed by atoms with van der Waals surface area (Å²) in [6, 6.07) is 0. The molecule has 26 heavy (non-hydrogen) atoms. The van der Waals surface area contributed by atoms with E-state index in [2.05, 4.69) is 5.32 Å². The van der Waals surface area contributed by atoms with Crippen LogP contribution in [0.25, 0.3) is 0 Å². The first-order chi connectivity index (χ1) is 11.8. The van der Waals surface area contributed by atoms with Crippen molar-refractivity contribution in [3.8, 4) is 0 Å². The molecule has 0 aliphatic heterocycles. The van der Waals surface area contributed by atoms with Gasteiger partial charge >= 0.3 is 57.4 Å². The number of aliphatic hydroxyl groups is 1. The topological polar surface area (TPSA) is 127 Å². The van der Waals surface area contributed by atoms with Gasteiger partial charge in [-0.15, -0.1) is 0 Å². The summed E-state index contributed by atoms with van der Waals surface area (Å²) in [4.78, 5) is 33.4. The molecule has 0 bridgehead atoms. The summed E-state index contributed by atoms with van der Waals surface area (Å²) < 4.78 is 0.114. The molecule has 0 rings (SSSR count). The van der Waals surface area contributed by atoms with E-state index in [9.17, 15) is 24.6 Å². The van der Waals surface area contributed by atoms with Crippen molar-refractivity contribution in [3.63, 3.8) is 0 Å². The largest absolute Gasteiger partial charge is 1.00 e. The number of amides is 1. The van der Waals surface area contributed by atoms with Crippen LogP contribution in [0.1, 0.15) is 39.0 Å². The third kappa shape index (κ3) is 14.8. The first-order valence-electron chi connectivity index (χ1n) is 8.64. The molecule has 0 radical (unpaired) electrons. The van der Waals surface area contributed by atoms with E-state index in [0.717, 1.165) is 12.8 Å². The number of carbonyl (C=O) groups is 3. The van der Waals surface area contributed by atoms with E-state index in [1.807, 2.05) is 13.0 Å². The third-order valence-corrected chi connectivity index (χ3v) is 4.00. The molecule has 0 aliphatic rings. The Balaban J connectivity index is 0. The van der Waals surface area contributed by atoms with Crippen molar-refractivity contribution >= 4 is 17.8 Å². The van der Waals surface area contributed by atoms with Gasteiger partial charge in [0.2, 0.25) is 5.91 Å². The Hall–Kier alpha value is -0.294. The van der Waals surface area contributed by atoms with Gasteiger partial charge in [-0.1, -0.05) is 25.5 Å². The van der Waals surface area contributed by atoms with Gasteiger partial charge in [0, 0.05) is 18.8 Å². The summed E-state index contributed by atoms with van der Waals surface area (Å²) in [5.74, 6) is -2.35. The van der Waals surface area contributed by atoms with Gasteiger partial charge in [-0.05, 0) is 6.42 Å². The summed E-state index contributed by atoms with van der Waals surface area (Å²) in [6.45, 7) is 3.07. The smallest absolute Gasteiger partial charge is 0.550 e. The average Bonchev–Trinajstić information content (AvgIpc) is 2.55. The number of carboxylic acid groups (broad SMARTS) is 2. The Morgan fingerprint density at radius 3 is 2.27 bits per heavy atom. The van der Waals surface area contributed by atoms with Crippen LogP contribution in [0.15, 0.2) is 12.2 Å². The van der Waals surface area contributed by atoms with E-state index in [0.29, 0.717) is 6.54 Å². The maximum atomic E-state index is 11.8. The zero-order valence-corrected chi connectivity index (χ0v) is 19.0. The van der Waals surface area contributed by atoms with Crippen molar-refractivity contribution in [2.24, 2.45) is 0 Å². The molecule has 144 valence electrons. The summed E-state index contributed by atoms with van der Waals surface area (Å²) in [5.41, 5.74) is 0. The molecule has 1 unspecified atom stereocenters. The minimum atomic E-state index is -1.22. The van der Waals surface area contributed by atoms with Crippen molar-refractivity contribution < 1.29 is 85.6 Å². The normalized spacial score (nSPS) is 13.0. The SMILES string of the molecule is CCC/C=C/CC(=O)NCC[N+](CCO)(CCC(=O)[O-])CCC(=O)O.[K+]. The number of hydrogen-bond donors (Lipinski definition) is 3. The minimum absolute atomic E-state index is 0. The second-order valence-electron chi connectivity index (χ2n) is 6.04. The zero-order valence-electron chi connectivity index (χ0n) is 15.9. The zero-order chi connectivity index (χ0) is 19.1. The van der Waals surface area contributed by atoms with Crippen LogP contribution < -0.4 is 61.8 Å². The molecule has 1 amide bonds. The second kappa shape index (κ2) is 16.8. The number of quaternary nitrogens is 1. The molecule has 0 saturated heterocycles. The first kappa shape index (κ1) is 27.9. The Bertz CT molecular complexity index is 439. The van der Waals surface area contributed by atoms with Crippen LogP contribution >= 0.6 is 0 Å². The van der Waals surface area contributed by atoms with Crippen LogP contribution in [-0.2, 0) is 14.4 Å². The number of nitrogens with zero attached hydrogens (tertiary/aromatic N) is 1. The number of rotatable bonds is 15. The van der Waals surface area contributed by atoms with Gasteiger partial charge in [0.05, 0.1) is 39.2 Å². The predicted octanol–water partition coefficient (Wildman–Crippen LogP) is -3.72. The van der Waals surface area contributed by atoms with Gasteiger partial charge in [0.15, 0.2) is 0 Å². The average molecular weight is 398 g/mol. The summed E-state index contributed by atoms with van der Waals surface area (Å²) in [6.07, 6.45) is 5.58. The fraction of sp³-hybridized carbons (Fsp3) is 0.706. The van der Waals surface area contributed by atoms with Crippen molar-refractivity contribution in [1.29, 1.82) is 0 Å². The van der Waals surface area contributed by atoms with E-state index in [-0.39, 0.29) is 114 Å². The fourth-order valence-electron chi connectivity index (χ4n) is 2.52. The van der Waals surface area contributed by atoms with Crippen LogP contribution in [0.2, 0.25) is 0 Å². The number of nitrogens with one attached hydrogen (secondary N) is 1. The van der Waals surface area contributed by atoms with Gasteiger partial charge in [0.25, 0.3) is 0 Å². The molecular formula is C17H30KN2O6+. The summed E-state index contributed by atoms with van der Waals surface area (Å²) in [5, 5.41) is 31.7. The van der Waals surface area contributed by atoms with Gasteiger partial charge < -0.3 is 29.9 Å². The van der Waals surface area contributed by atoms with Crippen LogP contribution in [0.3, 0.4) is 0 Å². The molecule has 0 aromatic rings. The number of hydrogen-bond acceptors (Lipinski definition) is 5. The Morgan fingerprint density at radius 2 is 1.73 bits per heavy atom. The second-order valence-corrected chi connectivity index (χ2v) is 6.04. The summed E-state index contributed by atoms with van der Waals surface area (Å²) >= 11 is 0. The number of carbonyl (C=O) groups excluding carboxylic acids is 2. The first-order valence-corrected chi connectivity index (χ1v) is 8.64. The third-order valence-electron chi connectivity index (χ3n) is 4.00. The van der Waals surface area contributed by atoms with E-state index in [4.69, 9.17) is 5.11 Å². The predicted molar refractivity (Wildman–Crippen MR) is 90.4 cm³/mol. The number of unbranched alkanes of at least 4 members (excludes halogenated alkanes) is 1. The van der Waals surface area contributed by atoms with Crippen LogP contribution in [-0.4, -0.2) is 71.9 Å². The minimum Gasteiger partial charge on any atom is -0.550 e. The molecule has 0 aromatic carbocycles. The molecule has 0 spiro atoms.